The van der Waals surface area contributed by atoms with Gasteiger partial charge in [-0.25, -0.2) is 4.79 Å². The van der Waals surface area contributed by atoms with Gasteiger partial charge in [0, 0.05) is 31.8 Å². The zero-order chi connectivity index (χ0) is 19.0. The van der Waals surface area contributed by atoms with E-state index in [-0.39, 0.29) is 12.1 Å². The summed E-state index contributed by atoms with van der Waals surface area (Å²) in [6.07, 6.45) is 9.98. The molecule has 0 radical (unpaired) electrons. The van der Waals surface area contributed by atoms with E-state index in [9.17, 15) is 9.59 Å². The summed E-state index contributed by atoms with van der Waals surface area (Å²) in [5, 5.41) is 8.84. The monoisotopic (exact) mass is 366 g/mol. The lowest BCUT2D eigenvalue weighted by molar-refractivity contribution is -0.137. The van der Waals surface area contributed by atoms with E-state index in [1.54, 1.807) is 18.7 Å². The molecule has 0 spiro atoms. The van der Waals surface area contributed by atoms with Crippen molar-refractivity contribution in [3.8, 4) is 0 Å². The molecule has 0 amide bonds. The first-order valence-corrected chi connectivity index (χ1v) is 9.34. The summed E-state index contributed by atoms with van der Waals surface area (Å²) in [4.78, 5) is 22.8. The molecule has 0 aliphatic heterocycles. The van der Waals surface area contributed by atoms with Crippen LogP contribution in [0.5, 0.6) is 0 Å². The summed E-state index contributed by atoms with van der Waals surface area (Å²) in [5.74, 6) is -0.410. The first-order chi connectivity index (χ1) is 11.8. The van der Waals surface area contributed by atoms with E-state index in [0.717, 1.165) is 43.4 Å². The third-order valence-corrected chi connectivity index (χ3v) is 5.19. The lowest BCUT2D eigenvalue weighted by atomic mass is 9.93. The van der Waals surface area contributed by atoms with Crippen molar-refractivity contribution < 1.29 is 9.90 Å². The van der Waals surface area contributed by atoms with Crippen LogP contribution in [-0.2, 0) is 25.3 Å². The molecule has 0 aliphatic rings. The van der Waals surface area contributed by atoms with Crippen molar-refractivity contribution in [1.29, 1.82) is 0 Å². The number of carboxylic acids is 1. The molecule has 1 heterocycles. The van der Waals surface area contributed by atoms with Gasteiger partial charge >= 0.3 is 11.7 Å². The highest BCUT2D eigenvalue weighted by molar-refractivity contribution is 7.71. The highest BCUT2D eigenvalue weighted by Crippen LogP contribution is 2.20. The zero-order valence-corrected chi connectivity index (χ0v) is 16.6. The number of aliphatic carboxylic acids is 1. The van der Waals surface area contributed by atoms with Crippen molar-refractivity contribution in [2.24, 2.45) is 20.0 Å². The lowest BCUT2D eigenvalue weighted by Gasteiger charge is -2.16. The Morgan fingerprint density at radius 3 is 2.56 bits per heavy atom. The van der Waals surface area contributed by atoms with E-state index < -0.39 is 5.97 Å². The number of hydrogen-bond donors (Lipinski definition) is 1. The molecule has 6 heteroatoms. The van der Waals surface area contributed by atoms with Gasteiger partial charge in [-0.15, -0.1) is 0 Å². The van der Waals surface area contributed by atoms with Gasteiger partial charge in [0.1, 0.15) is 4.64 Å². The van der Waals surface area contributed by atoms with Gasteiger partial charge in [0.25, 0.3) is 0 Å². The number of carbonyl (C=O) groups is 1. The van der Waals surface area contributed by atoms with Crippen LogP contribution in [0, 0.1) is 17.5 Å². The summed E-state index contributed by atoms with van der Waals surface area (Å²) in [6.45, 7) is 4.07. The third-order valence-electron chi connectivity index (χ3n) is 4.67. The second-order valence-corrected chi connectivity index (χ2v) is 6.96. The topological polar surface area (TPSA) is 64.2 Å². The summed E-state index contributed by atoms with van der Waals surface area (Å²) in [5.41, 5.74) is 1.84. The normalized spacial score (nSPS) is 12.6. The number of aromatic nitrogens is 2. The standard InChI is InChI=1S/C19H30N2O3S/c1-5-6-7-9-15(10-8-11-17(22)23)12-13-16-14(2)20(3)19(24)21(4)18(16)25/h7,9,15H,5-6,8,10-13H2,1-4H3,(H,22,23)/b9-7+. The van der Waals surface area contributed by atoms with Crippen molar-refractivity contribution in [2.45, 2.75) is 58.8 Å². The molecule has 0 saturated carbocycles. The molecular formula is C19H30N2O3S. The molecule has 1 atom stereocenters. The number of rotatable bonds is 10. The quantitative estimate of drug-likeness (QED) is 0.503. The van der Waals surface area contributed by atoms with Gasteiger partial charge in [-0.1, -0.05) is 37.7 Å². The first-order valence-electron chi connectivity index (χ1n) is 8.93. The minimum Gasteiger partial charge on any atom is -0.481 e. The Morgan fingerprint density at radius 1 is 1.28 bits per heavy atom. The van der Waals surface area contributed by atoms with E-state index in [4.69, 9.17) is 17.3 Å². The van der Waals surface area contributed by atoms with E-state index in [2.05, 4.69) is 19.1 Å². The predicted molar refractivity (Wildman–Crippen MR) is 104 cm³/mol. The minimum absolute atomic E-state index is 0.105. The van der Waals surface area contributed by atoms with Gasteiger partial charge < -0.3 is 9.67 Å². The fourth-order valence-electron chi connectivity index (χ4n) is 2.94. The molecule has 0 fully saturated rings. The minimum atomic E-state index is -0.745. The lowest BCUT2D eigenvalue weighted by Crippen LogP contribution is -2.30. The Labute approximate surface area is 155 Å². The third kappa shape index (κ3) is 6.27. The van der Waals surface area contributed by atoms with E-state index in [1.165, 1.54) is 4.57 Å². The molecule has 1 aromatic heterocycles. The second kappa shape index (κ2) is 10.3. The maximum Gasteiger partial charge on any atom is 0.328 e. The van der Waals surface area contributed by atoms with Crippen molar-refractivity contribution in [2.75, 3.05) is 0 Å². The van der Waals surface area contributed by atoms with Crippen molar-refractivity contribution in [3.63, 3.8) is 0 Å². The van der Waals surface area contributed by atoms with Crippen LogP contribution in [0.1, 0.15) is 56.7 Å². The van der Waals surface area contributed by atoms with Gasteiger partial charge in [0.05, 0.1) is 0 Å². The highest BCUT2D eigenvalue weighted by atomic mass is 32.1. The Kier molecular flexibility index (Phi) is 8.83. The Balaban J connectivity index is 2.90. The first kappa shape index (κ1) is 21.4. The average molecular weight is 367 g/mol. The molecule has 1 aromatic rings. The summed E-state index contributed by atoms with van der Waals surface area (Å²) >= 11 is 5.46. The van der Waals surface area contributed by atoms with Crippen LogP contribution in [0.4, 0.5) is 0 Å². The maximum atomic E-state index is 12.1. The van der Waals surface area contributed by atoms with Gasteiger partial charge in [0.2, 0.25) is 0 Å². The predicted octanol–water partition coefficient (Wildman–Crippen LogP) is 3.92. The van der Waals surface area contributed by atoms with Crippen molar-refractivity contribution in [1.82, 2.24) is 9.13 Å². The number of carboxylic acid groups (broad SMARTS) is 1. The maximum absolute atomic E-state index is 12.1. The van der Waals surface area contributed by atoms with E-state index in [0.29, 0.717) is 17.0 Å². The van der Waals surface area contributed by atoms with Crippen LogP contribution in [0.2, 0.25) is 0 Å². The fraction of sp³-hybridized carbons (Fsp3) is 0.632. The second-order valence-electron chi connectivity index (χ2n) is 6.57. The molecule has 1 rings (SSSR count). The molecule has 0 aromatic carbocycles. The van der Waals surface area contributed by atoms with E-state index in [1.807, 2.05) is 6.92 Å². The van der Waals surface area contributed by atoms with Crippen molar-refractivity contribution in [3.05, 3.63) is 38.5 Å². The van der Waals surface area contributed by atoms with Crippen LogP contribution >= 0.6 is 12.2 Å². The largest absolute Gasteiger partial charge is 0.481 e. The number of nitrogens with zero attached hydrogens (tertiary/aromatic N) is 2. The number of unbranched alkanes of at least 4 members (excludes halogenated alkanes) is 1. The molecule has 5 nitrogen and oxygen atoms in total. The summed E-state index contributed by atoms with van der Waals surface area (Å²) in [7, 11) is 3.47. The molecule has 0 bridgehead atoms. The molecular weight excluding hydrogens is 336 g/mol. The molecule has 1 N–H and O–H groups in total. The van der Waals surface area contributed by atoms with Gasteiger partial charge in [0.15, 0.2) is 0 Å². The van der Waals surface area contributed by atoms with Gasteiger partial charge in [-0.05, 0) is 44.9 Å². The highest BCUT2D eigenvalue weighted by Gasteiger charge is 2.13. The zero-order valence-electron chi connectivity index (χ0n) is 15.7. The van der Waals surface area contributed by atoms with Gasteiger partial charge in [-0.3, -0.25) is 9.36 Å². The van der Waals surface area contributed by atoms with Crippen LogP contribution < -0.4 is 5.69 Å². The molecule has 25 heavy (non-hydrogen) atoms. The average Bonchev–Trinajstić information content (AvgIpc) is 2.57. The van der Waals surface area contributed by atoms with Crippen molar-refractivity contribution >= 4 is 18.2 Å². The number of hydrogen-bond acceptors (Lipinski definition) is 3. The Hall–Kier alpha value is -1.69. The SMILES string of the molecule is CCC/C=C/C(CCCC(=O)O)CCc1c(C)n(C)c(=O)n(C)c1=S. The van der Waals surface area contributed by atoms with Crippen LogP contribution in [0.25, 0.3) is 0 Å². The molecule has 140 valence electrons. The Morgan fingerprint density at radius 2 is 1.96 bits per heavy atom. The summed E-state index contributed by atoms with van der Waals surface area (Å²) in [6, 6.07) is 0. The molecule has 0 saturated heterocycles. The molecule has 0 aliphatic carbocycles. The van der Waals surface area contributed by atoms with E-state index >= 15 is 0 Å². The van der Waals surface area contributed by atoms with Crippen LogP contribution in [0.15, 0.2) is 16.9 Å². The van der Waals surface area contributed by atoms with Crippen LogP contribution in [0.3, 0.4) is 0 Å². The molecule has 1 unspecified atom stereocenters. The smallest absolute Gasteiger partial charge is 0.328 e. The van der Waals surface area contributed by atoms with Crippen LogP contribution in [-0.4, -0.2) is 20.2 Å². The fourth-order valence-corrected chi connectivity index (χ4v) is 3.27. The van der Waals surface area contributed by atoms with Gasteiger partial charge in [-0.2, -0.15) is 0 Å². The summed E-state index contributed by atoms with van der Waals surface area (Å²) < 4.78 is 3.75. The Bertz CT molecular complexity index is 731. The number of allylic oxidation sites excluding steroid dienone is 2.